The van der Waals surface area contributed by atoms with Gasteiger partial charge in [0.15, 0.2) is 0 Å². The first-order chi connectivity index (χ1) is 12.4. The summed E-state index contributed by atoms with van der Waals surface area (Å²) in [6.45, 7) is 4.45. The number of piperazine rings is 1. The molecule has 1 aliphatic heterocycles. The van der Waals surface area contributed by atoms with E-state index in [4.69, 9.17) is 0 Å². The van der Waals surface area contributed by atoms with E-state index >= 15 is 0 Å². The van der Waals surface area contributed by atoms with Gasteiger partial charge in [-0.05, 0) is 54.8 Å². The van der Waals surface area contributed by atoms with Gasteiger partial charge in [-0.25, -0.2) is 17.2 Å². The van der Waals surface area contributed by atoms with Gasteiger partial charge in [-0.2, -0.15) is 4.31 Å². The van der Waals surface area contributed by atoms with Crippen molar-refractivity contribution in [2.75, 3.05) is 32.7 Å². The summed E-state index contributed by atoms with van der Waals surface area (Å²) in [7, 11) is -3.60. The molecule has 0 unspecified atom stereocenters. The van der Waals surface area contributed by atoms with Gasteiger partial charge in [0.25, 0.3) is 0 Å². The number of hydrogen-bond donors (Lipinski definition) is 0. The molecule has 2 aromatic rings. The molecule has 0 aliphatic carbocycles. The van der Waals surface area contributed by atoms with E-state index in [-0.39, 0.29) is 10.7 Å². The van der Waals surface area contributed by atoms with Crippen LogP contribution in [0.25, 0.3) is 0 Å². The summed E-state index contributed by atoms with van der Waals surface area (Å²) in [5.74, 6) is -0.654. The summed E-state index contributed by atoms with van der Waals surface area (Å²) >= 11 is 0. The van der Waals surface area contributed by atoms with Crippen molar-refractivity contribution < 1.29 is 17.2 Å². The molecule has 0 atom stereocenters. The lowest BCUT2D eigenvalue weighted by atomic mass is 10.1. The van der Waals surface area contributed by atoms with Crippen molar-refractivity contribution >= 4 is 10.0 Å². The highest BCUT2D eigenvalue weighted by Gasteiger charge is 2.28. The lowest BCUT2D eigenvalue weighted by Crippen LogP contribution is -2.49. The molecule has 4 nitrogen and oxygen atoms in total. The predicted octanol–water partition coefficient (Wildman–Crippen LogP) is 2.82. The monoisotopic (exact) mass is 380 g/mol. The van der Waals surface area contributed by atoms with E-state index in [1.54, 1.807) is 19.1 Å². The Morgan fingerprint density at radius 3 is 2.23 bits per heavy atom. The highest BCUT2D eigenvalue weighted by Crippen LogP contribution is 2.20. The lowest BCUT2D eigenvalue weighted by molar-refractivity contribution is 0.190. The molecule has 0 saturated carbocycles. The van der Waals surface area contributed by atoms with Gasteiger partial charge in [0, 0.05) is 32.7 Å². The third-order valence-corrected chi connectivity index (χ3v) is 6.62. The Bertz CT molecular complexity index is 862. The van der Waals surface area contributed by atoms with Crippen molar-refractivity contribution in [1.82, 2.24) is 9.21 Å². The summed E-state index contributed by atoms with van der Waals surface area (Å²) in [6, 6.07) is 10.3. The van der Waals surface area contributed by atoms with Crippen molar-refractivity contribution in [3.63, 3.8) is 0 Å². The average molecular weight is 380 g/mol. The zero-order chi connectivity index (χ0) is 18.7. The number of aryl methyl sites for hydroxylation is 1. The Hall–Kier alpha value is -1.83. The summed E-state index contributed by atoms with van der Waals surface area (Å²) in [4.78, 5) is 2.34. The number of sulfonamides is 1. The third kappa shape index (κ3) is 4.28. The Balaban J connectivity index is 1.57. The standard InChI is InChI=1S/C19H22F2N2O2S/c1-15-14-18(6-7-19(15)21)26(24,25)23-12-10-22(11-13-23)9-8-16-2-4-17(20)5-3-16/h2-7,14H,8-13H2,1H3. The first-order valence-corrected chi connectivity index (χ1v) is 10.0. The maximum Gasteiger partial charge on any atom is 0.243 e. The van der Waals surface area contributed by atoms with E-state index in [1.807, 2.05) is 0 Å². The van der Waals surface area contributed by atoms with E-state index in [0.29, 0.717) is 31.7 Å². The second kappa shape index (κ2) is 7.82. The highest BCUT2D eigenvalue weighted by atomic mass is 32.2. The molecule has 1 aliphatic rings. The minimum absolute atomic E-state index is 0.135. The van der Waals surface area contributed by atoms with Crippen LogP contribution >= 0.6 is 0 Å². The molecule has 0 bridgehead atoms. The van der Waals surface area contributed by atoms with Crippen LogP contribution in [0.2, 0.25) is 0 Å². The topological polar surface area (TPSA) is 40.6 Å². The van der Waals surface area contributed by atoms with Gasteiger partial charge < -0.3 is 4.90 Å². The van der Waals surface area contributed by atoms with Crippen LogP contribution in [-0.4, -0.2) is 50.3 Å². The Morgan fingerprint density at radius 1 is 0.962 bits per heavy atom. The summed E-state index contributed by atoms with van der Waals surface area (Å²) < 4.78 is 53.2. The number of benzene rings is 2. The molecule has 1 heterocycles. The van der Waals surface area contributed by atoms with Gasteiger partial charge in [-0.1, -0.05) is 12.1 Å². The second-order valence-electron chi connectivity index (χ2n) is 6.53. The quantitative estimate of drug-likeness (QED) is 0.801. The summed E-state index contributed by atoms with van der Waals surface area (Å²) in [5.41, 5.74) is 1.38. The molecule has 2 aromatic carbocycles. The molecule has 0 radical (unpaired) electrons. The molecular formula is C19H22F2N2O2S. The summed E-state index contributed by atoms with van der Waals surface area (Å²) in [5, 5.41) is 0. The molecular weight excluding hydrogens is 358 g/mol. The van der Waals surface area contributed by atoms with Crippen molar-refractivity contribution in [2.45, 2.75) is 18.2 Å². The maximum absolute atomic E-state index is 13.4. The molecule has 7 heteroatoms. The van der Waals surface area contributed by atoms with Crippen molar-refractivity contribution in [3.8, 4) is 0 Å². The smallest absolute Gasteiger partial charge is 0.243 e. The van der Waals surface area contributed by atoms with Crippen molar-refractivity contribution in [1.29, 1.82) is 0 Å². The average Bonchev–Trinajstić information content (AvgIpc) is 2.64. The Labute approximate surface area is 153 Å². The van der Waals surface area contributed by atoms with Crippen LogP contribution in [0.15, 0.2) is 47.4 Å². The first kappa shape index (κ1) is 18.9. The van der Waals surface area contributed by atoms with Crippen LogP contribution < -0.4 is 0 Å². The molecule has 1 saturated heterocycles. The zero-order valence-corrected chi connectivity index (χ0v) is 15.5. The van der Waals surface area contributed by atoms with Crippen LogP contribution in [0.3, 0.4) is 0 Å². The fourth-order valence-corrected chi connectivity index (χ4v) is 4.57. The van der Waals surface area contributed by atoms with E-state index in [1.165, 1.54) is 34.6 Å². The second-order valence-corrected chi connectivity index (χ2v) is 8.47. The summed E-state index contributed by atoms with van der Waals surface area (Å²) in [6.07, 6.45) is 0.796. The van der Waals surface area contributed by atoms with Crippen LogP contribution in [-0.2, 0) is 16.4 Å². The maximum atomic E-state index is 13.4. The Kier molecular flexibility index (Phi) is 5.70. The fraction of sp³-hybridized carbons (Fsp3) is 0.368. The van der Waals surface area contributed by atoms with E-state index in [2.05, 4.69) is 4.90 Å². The molecule has 26 heavy (non-hydrogen) atoms. The van der Waals surface area contributed by atoms with Gasteiger partial charge in [0.1, 0.15) is 11.6 Å². The number of halogens is 2. The molecule has 1 fully saturated rings. The molecule has 0 N–H and O–H groups in total. The van der Waals surface area contributed by atoms with Crippen LogP contribution in [0.5, 0.6) is 0 Å². The molecule has 0 spiro atoms. The first-order valence-electron chi connectivity index (χ1n) is 8.59. The largest absolute Gasteiger partial charge is 0.300 e. The minimum atomic E-state index is -3.60. The molecule has 3 rings (SSSR count). The van der Waals surface area contributed by atoms with Crippen molar-refractivity contribution in [2.24, 2.45) is 0 Å². The van der Waals surface area contributed by atoms with Gasteiger partial charge in [-0.3, -0.25) is 0 Å². The van der Waals surface area contributed by atoms with Gasteiger partial charge in [-0.15, -0.1) is 0 Å². The predicted molar refractivity (Wildman–Crippen MR) is 96.4 cm³/mol. The van der Waals surface area contributed by atoms with E-state index in [0.717, 1.165) is 18.5 Å². The number of rotatable bonds is 5. The minimum Gasteiger partial charge on any atom is -0.300 e. The normalized spacial score (nSPS) is 16.7. The molecule has 0 aromatic heterocycles. The van der Waals surface area contributed by atoms with E-state index in [9.17, 15) is 17.2 Å². The van der Waals surface area contributed by atoms with Crippen LogP contribution in [0, 0.1) is 18.6 Å². The number of nitrogens with zero attached hydrogens (tertiary/aromatic N) is 2. The van der Waals surface area contributed by atoms with Gasteiger partial charge >= 0.3 is 0 Å². The Morgan fingerprint density at radius 2 is 1.62 bits per heavy atom. The molecule has 140 valence electrons. The fourth-order valence-electron chi connectivity index (χ4n) is 3.06. The van der Waals surface area contributed by atoms with Gasteiger partial charge in [0.2, 0.25) is 10.0 Å². The SMILES string of the molecule is Cc1cc(S(=O)(=O)N2CCN(CCc3ccc(F)cc3)CC2)ccc1F. The van der Waals surface area contributed by atoms with Crippen LogP contribution in [0.1, 0.15) is 11.1 Å². The molecule has 0 amide bonds. The lowest BCUT2D eigenvalue weighted by Gasteiger charge is -2.34. The van der Waals surface area contributed by atoms with E-state index < -0.39 is 15.8 Å². The van der Waals surface area contributed by atoms with Crippen LogP contribution in [0.4, 0.5) is 8.78 Å². The van der Waals surface area contributed by atoms with Gasteiger partial charge in [0.05, 0.1) is 4.90 Å². The van der Waals surface area contributed by atoms with Crippen molar-refractivity contribution in [3.05, 3.63) is 65.2 Å². The third-order valence-electron chi connectivity index (χ3n) is 4.73. The number of hydrogen-bond acceptors (Lipinski definition) is 3. The zero-order valence-electron chi connectivity index (χ0n) is 14.7. The highest BCUT2D eigenvalue weighted by molar-refractivity contribution is 7.89.